The highest BCUT2D eigenvalue weighted by molar-refractivity contribution is 6.77. The number of carbonyl (C=O) groups is 2. The lowest BCUT2D eigenvalue weighted by Crippen LogP contribution is -2.21. The predicted octanol–water partition coefficient (Wildman–Crippen LogP) is 3.33. The number of halogens is 3. The third kappa shape index (κ3) is 3.19. The van der Waals surface area contributed by atoms with Crippen LogP contribution in [0.3, 0.4) is 0 Å². The molecule has 1 aromatic rings. The summed E-state index contributed by atoms with van der Waals surface area (Å²) in [4.78, 5) is 24.2. The lowest BCUT2D eigenvalue weighted by molar-refractivity contribution is 0.0433. The molecule has 0 aliphatic carbocycles. The van der Waals surface area contributed by atoms with Crippen molar-refractivity contribution in [1.29, 1.82) is 0 Å². The molecular weight excluding hydrogens is 325 g/mol. The Kier molecular flexibility index (Phi) is 4.50. The van der Waals surface area contributed by atoms with Gasteiger partial charge in [0.15, 0.2) is 5.78 Å². The van der Waals surface area contributed by atoms with E-state index in [9.17, 15) is 9.59 Å². The number of hydrogen-bond acceptors (Lipinski definition) is 3. The highest BCUT2D eigenvalue weighted by Gasteiger charge is 2.35. The van der Waals surface area contributed by atoms with Gasteiger partial charge in [-0.25, -0.2) is 0 Å². The van der Waals surface area contributed by atoms with Crippen LogP contribution in [-0.4, -0.2) is 32.1 Å². The van der Waals surface area contributed by atoms with E-state index in [1.165, 1.54) is 10.6 Å². The lowest BCUT2D eigenvalue weighted by Gasteiger charge is -2.09. The van der Waals surface area contributed by atoms with Crippen LogP contribution in [0, 0.1) is 0 Å². The molecule has 0 amide bonds. The standard InChI is InChI=1S/C13H14Cl3NO3/c1-7-3-4-10(20-7)11(18)8-5-9(17(2)6-8)12(19)13(14,15)16/h5-7,10H,3-4H2,1-2H3. The van der Waals surface area contributed by atoms with E-state index in [-0.39, 0.29) is 17.6 Å². The van der Waals surface area contributed by atoms with E-state index in [2.05, 4.69) is 0 Å². The number of alkyl halides is 3. The van der Waals surface area contributed by atoms with E-state index in [0.717, 1.165) is 6.42 Å². The molecule has 1 aromatic heterocycles. The van der Waals surface area contributed by atoms with Gasteiger partial charge in [0, 0.05) is 18.8 Å². The Hall–Kier alpha value is -0.550. The number of hydrogen-bond donors (Lipinski definition) is 0. The van der Waals surface area contributed by atoms with Gasteiger partial charge in [-0.1, -0.05) is 34.8 Å². The summed E-state index contributed by atoms with van der Waals surface area (Å²) in [7, 11) is 1.62. The molecule has 20 heavy (non-hydrogen) atoms. The van der Waals surface area contributed by atoms with Gasteiger partial charge in [-0.3, -0.25) is 9.59 Å². The minimum Gasteiger partial charge on any atom is -0.367 e. The molecule has 0 saturated carbocycles. The normalized spacial score (nSPS) is 23.1. The molecule has 7 heteroatoms. The average molecular weight is 339 g/mol. The number of nitrogens with zero attached hydrogens (tertiary/aromatic N) is 1. The number of Topliss-reactive ketones (excluding diaryl/α,β-unsaturated/α-hetero) is 2. The topological polar surface area (TPSA) is 48.3 Å². The zero-order valence-electron chi connectivity index (χ0n) is 11.0. The Morgan fingerprint density at radius 2 is 2.00 bits per heavy atom. The highest BCUT2D eigenvalue weighted by Crippen LogP contribution is 2.31. The van der Waals surface area contributed by atoms with Gasteiger partial charge in [-0.2, -0.15) is 0 Å². The predicted molar refractivity (Wildman–Crippen MR) is 77.9 cm³/mol. The molecule has 2 rings (SSSR count). The Balaban J connectivity index is 2.23. The number of ketones is 2. The molecule has 1 fully saturated rings. The van der Waals surface area contributed by atoms with Crippen molar-refractivity contribution in [3.05, 3.63) is 23.5 Å². The van der Waals surface area contributed by atoms with Gasteiger partial charge in [0.05, 0.1) is 11.8 Å². The second-order valence-electron chi connectivity index (χ2n) is 4.93. The summed E-state index contributed by atoms with van der Waals surface area (Å²) in [5.74, 6) is -0.807. The van der Waals surface area contributed by atoms with E-state index in [1.807, 2.05) is 6.92 Å². The summed E-state index contributed by atoms with van der Waals surface area (Å²) in [6.07, 6.45) is 2.71. The molecule has 0 N–H and O–H groups in total. The Bertz CT molecular complexity index is 548. The van der Waals surface area contributed by atoms with Crippen molar-refractivity contribution < 1.29 is 14.3 Å². The summed E-state index contributed by atoms with van der Waals surface area (Å²) in [6.45, 7) is 1.93. The third-order valence-electron chi connectivity index (χ3n) is 3.30. The van der Waals surface area contributed by atoms with Crippen molar-refractivity contribution >= 4 is 46.4 Å². The smallest absolute Gasteiger partial charge is 0.255 e. The van der Waals surface area contributed by atoms with Gasteiger partial charge in [-0.15, -0.1) is 0 Å². The Morgan fingerprint density at radius 1 is 1.35 bits per heavy atom. The highest BCUT2D eigenvalue weighted by atomic mass is 35.6. The quantitative estimate of drug-likeness (QED) is 0.627. The lowest BCUT2D eigenvalue weighted by atomic mass is 10.1. The van der Waals surface area contributed by atoms with Crippen LogP contribution in [-0.2, 0) is 11.8 Å². The largest absolute Gasteiger partial charge is 0.367 e. The first-order valence-electron chi connectivity index (χ1n) is 6.17. The van der Waals surface area contributed by atoms with Crippen molar-refractivity contribution in [2.24, 2.45) is 7.05 Å². The zero-order chi connectivity index (χ0) is 15.1. The van der Waals surface area contributed by atoms with Gasteiger partial charge >= 0.3 is 0 Å². The fourth-order valence-electron chi connectivity index (χ4n) is 2.25. The maximum absolute atomic E-state index is 12.3. The van der Waals surface area contributed by atoms with Gasteiger partial charge < -0.3 is 9.30 Å². The monoisotopic (exact) mass is 337 g/mol. The van der Waals surface area contributed by atoms with Crippen molar-refractivity contribution in [3.63, 3.8) is 0 Å². The summed E-state index contributed by atoms with van der Waals surface area (Å²) in [5, 5.41) is 0. The van der Waals surface area contributed by atoms with E-state index in [4.69, 9.17) is 39.5 Å². The third-order valence-corrected chi connectivity index (χ3v) is 3.82. The van der Waals surface area contributed by atoms with Crippen LogP contribution in [0.25, 0.3) is 0 Å². The fourth-order valence-corrected chi connectivity index (χ4v) is 2.54. The van der Waals surface area contributed by atoms with Crippen LogP contribution in [0.15, 0.2) is 12.3 Å². The molecular formula is C13H14Cl3NO3. The molecule has 0 radical (unpaired) electrons. The van der Waals surface area contributed by atoms with Gasteiger partial charge in [0.25, 0.3) is 3.79 Å². The van der Waals surface area contributed by atoms with Crippen molar-refractivity contribution in [2.75, 3.05) is 0 Å². The number of carbonyl (C=O) groups excluding carboxylic acids is 2. The molecule has 0 bridgehead atoms. The molecule has 0 spiro atoms. The molecule has 110 valence electrons. The molecule has 2 heterocycles. The van der Waals surface area contributed by atoms with E-state index < -0.39 is 15.7 Å². The van der Waals surface area contributed by atoms with Crippen molar-refractivity contribution in [1.82, 2.24) is 4.57 Å². The maximum Gasteiger partial charge on any atom is 0.255 e. The molecule has 1 aliphatic rings. The summed E-state index contributed by atoms with van der Waals surface area (Å²) in [5.41, 5.74) is 0.573. The fraction of sp³-hybridized carbons (Fsp3) is 0.538. The van der Waals surface area contributed by atoms with Crippen molar-refractivity contribution in [3.8, 4) is 0 Å². The molecule has 2 unspecified atom stereocenters. The van der Waals surface area contributed by atoms with E-state index >= 15 is 0 Å². The first-order chi connectivity index (χ1) is 9.20. The number of aryl methyl sites for hydroxylation is 1. The summed E-state index contributed by atoms with van der Waals surface area (Å²) < 4.78 is 4.98. The average Bonchev–Trinajstić information content (AvgIpc) is 2.92. The zero-order valence-corrected chi connectivity index (χ0v) is 13.3. The molecule has 2 atom stereocenters. The Labute approximate surface area is 131 Å². The SMILES string of the molecule is CC1CCC(C(=O)c2cc(C(=O)C(Cl)(Cl)Cl)n(C)c2)O1. The maximum atomic E-state index is 12.3. The minimum atomic E-state index is -2.04. The Morgan fingerprint density at radius 3 is 2.50 bits per heavy atom. The van der Waals surface area contributed by atoms with Gasteiger partial charge in [-0.05, 0) is 25.8 Å². The summed E-state index contributed by atoms with van der Waals surface area (Å²) >= 11 is 16.8. The van der Waals surface area contributed by atoms with Gasteiger partial charge in [0.2, 0.25) is 5.78 Å². The number of rotatable bonds is 3. The van der Waals surface area contributed by atoms with E-state index in [1.54, 1.807) is 13.2 Å². The minimum absolute atomic E-state index is 0.0786. The van der Waals surface area contributed by atoms with Gasteiger partial charge in [0.1, 0.15) is 6.10 Å². The van der Waals surface area contributed by atoms with Crippen LogP contribution in [0.5, 0.6) is 0 Å². The molecule has 0 aromatic carbocycles. The van der Waals surface area contributed by atoms with Crippen LogP contribution in [0.2, 0.25) is 0 Å². The second-order valence-corrected chi connectivity index (χ2v) is 7.21. The first kappa shape index (κ1) is 15.8. The molecule has 4 nitrogen and oxygen atoms in total. The van der Waals surface area contributed by atoms with Crippen LogP contribution < -0.4 is 0 Å². The van der Waals surface area contributed by atoms with Crippen LogP contribution >= 0.6 is 34.8 Å². The van der Waals surface area contributed by atoms with Crippen molar-refractivity contribution in [2.45, 2.75) is 35.8 Å². The number of ether oxygens (including phenoxy) is 1. The van der Waals surface area contributed by atoms with Crippen LogP contribution in [0.1, 0.15) is 40.6 Å². The molecule has 1 saturated heterocycles. The summed E-state index contributed by atoms with van der Waals surface area (Å²) in [6, 6.07) is 1.44. The first-order valence-corrected chi connectivity index (χ1v) is 7.31. The molecule has 1 aliphatic heterocycles. The second kappa shape index (κ2) is 5.68. The number of aromatic nitrogens is 1. The van der Waals surface area contributed by atoms with Crippen LogP contribution in [0.4, 0.5) is 0 Å². The van der Waals surface area contributed by atoms with E-state index in [0.29, 0.717) is 12.0 Å².